The van der Waals surface area contributed by atoms with Crippen LogP contribution in [0.15, 0.2) is 23.1 Å². The predicted octanol–water partition coefficient (Wildman–Crippen LogP) is 3.63. The van der Waals surface area contributed by atoms with E-state index in [0.29, 0.717) is 6.07 Å². The maximum absolute atomic E-state index is 13.5. The molecule has 0 aliphatic heterocycles. The van der Waals surface area contributed by atoms with Crippen LogP contribution in [-0.2, 0) is 10.0 Å². The number of anilines is 1. The Hall–Kier alpha value is -2.23. The van der Waals surface area contributed by atoms with Crippen LogP contribution in [0.2, 0.25) is 0 Å². The molecule has 1 N–H and O–H groups in total. The van der Waals surface area contributed by atoms with Gasteiger partial charge in [-0.25, -0.2) is 34.8 Å². The van der Waals surface area contributed by atoms with Crippen molar-refractivity contribution in [3.63, 3.8) is 0 Å². The fourth-order valence-electron chi connectivity index (χ4n) is 1.68. The standard InChI is InChI=1S/C13H7F6NO2S/c1-5-2-3-6(4-7(5)14)20-23(21,22)13-11(18)9(16)8(15)10(17)12(13)19/h2-4,20H,1H3. The van der Waals surface area contributed by atoms with Crippen molar-refractivity contribution in [3.05, 3.63) is 58.7 Å². The first-order chi connectivity index (χ1) is 10.6. The minimum absolute atomic E-state index is 0.157. The highest BCUT2D eigenvalue weighted by molar-refractivity contribution is 7.92. The van der Waals surface area contributed by atoms with Gasteiger partial charge in [0.15, 0.2) is 28.2 Å². The van der Waals surface area contributed by atoms with Gasteiger partial charge in [-0.2, -0.15) is 0 Å². The fraction of sp³-hybridized carbons (Fsp3) is 0.0769. The van der Waals surface area contributed by atoms with Gasteiger partial charge < -0.3 is 0 Å². The lowest BCUT2D eigenvalue weighted by Crippen LogP contribution is -2.19. The Labute approximate surface area is 126 Å². The van der Waals surface area contributed by atoms with E-state index >= 15 is 0 Å². The van der Waals surface area contributed by atoms with E-state index < -0.39 is 55.5 Å². The maximum atomic E-state index is 13.5. The normalized spacial score (nSPS) is 11.6. The molecule has 0 aliphatic carbocycles. The lowest BCUT2D eigenvalue weighted by atomic mass is 10.2. The number of nitrogens with one attached hydrogen (secondary N) is 1. The van der Waals surface area contributed by atoms with Crippen LogP contribution in [0.1, 0.15) is 5.56 Å². The van der Waals surface area contributed by atoms with Crippen LogP contribution < -0.4 is 4.72 Å². The van der Waals surface area contributed by atoms with E-state index in [1.165, 1.54) is 6.92 Å². The van der Waals surface area contributed by atoms with Gasteiger partial charge >= 0.3 is 0 Å². The third-order valence-electron chi connectivity index (χ3n) is 2.86. The number of hydrogen-bond acceptors (Lipinski definition) is 2. The minimum Gasteiger partial charge on any atom is -0.279 e. The largest absolute Gasteiger partial charge is 0.279 e. The summed E-state index contributed by atoms with van der Waals surface area (Å²) in [5, 5.41) is 0. The highest BCUT2D eigenvalue weighted by atomic mass is 32.2. The summed E-state index contributed by atoms with van der Waals surface area (Å²) in [6.45, 7) is 1.37. The molecule has 124 valence electrons. The molecule has 2 aromatic carbocycles. The first-order valence-corrected chi connectivity index (χ1v) is 7.35. The van der Waals surface area contributed by atoms with Crippen molar-refractivity contribution >= 4 is 15.7 Å². The molecule has 2 aromatic rings. The highest BCUT2D eigenvalue weighted by Crippen LogP contribution is 2.28. The van der Waals surface area contributed by atoms with E-state index in [0.717, 1.165) is 12.1 Å². The second-order valence-electron chi connectivity index (χ2n) is 4.47. The molecule has 0 heterocycles. The van der Waals surface area contributed by atoms with E-state index in [1.807, 2.05) is 0 Å². The lowest BCUT2D eigenvalue weighted by Gasteiger charge is -2.11. The number of aryl methyl sites for hydroxylation is 1. The summed E-state index contributed by atoms with van der Waals surface area (Å²) in [5.74, 6) is -13.1. The van der Waals surface area contributed by atoms with Crippen LogP contribution in [0.4, 0.5) is 32.0 Å². The average molecular weight is 355 g/mol. The third kappa shape index (κ3) is 2.98. The SMILES string of the molecule is Cc1ccc(NS(=O)(=O)c2c(F)c(F)c(F)c(F)c2F)cc1F. The molecule has 0 aliphatic rings. The molecule has 2 rings (SSSR count). The van der Waals surface area contributed by atoms with Crippen molar-refractivity contribution < 1.29 is 34.8 Å². The Balaban J connectivity index is 2.58. The molecular formula is C13H7F6NO2S. The van der Waals surface area contributed by atoms with Crippen molar-refractivity contribution in [2.24, 2.45) is 0 Å². The summed E-state index contributed by atoms with van der Waals surface area (Å²) in [6, 6.07) is 2.91. The van der Waals surface area contributed by atoms with Crippen LogP contribution in [0.3, 0.4) is 0 Å². The lowest BCUT2D eigenvalue weighted by molar-refractivity contribution is 0.358. The van der Waals surface area contributed by atoms with E-state index in [1.54, 1.807) is 4.72 Å². The molecule has 0 saturated heterocycles. The summed E-state index contributed by atoms with van der Waals surface area (Å²) >= 11 is 0. The monoisotopic (exact) mass is 355 g/mol. The van der Waals surface area contributed by atoms with Crippen molar-refractivity contribution in [3.8, 4) is 0 Å². The Bertz CT molecular complexity index is 869. The van der Waals surface area contributed by atoms with Gasteiger partial charge in [0.25, 0.3) is 10.0 Å². The van der Waals surface area contributed by atoms with Gasteiger partial charge in [0.05, 0.1) is 5.69 Å². The topological polar surface area (TPSA) is 46.2 Å². The number of hydrogen-bond donors (Lipinski definition) is 1. The Morgan fingerprint density at radius 1 is 0.826 bits per heavy atom. The smallest absolute Gasteiger partial charge is 0.267 e. The molecule has 0 saturated carbocycles. The van der Waals surface area contributed by atoms with Gasteiger partial charge in [0, 0.05) is 0 Å². The zero-order valence-corrected chi connectivity index (χ0v) is 12.0. The van der Waals surface area contributed by atoms with Gasteiger partial charge in [-0.15, -0.1) is 0 Å². The summed E-state index contributed by atoms with van der Waals surface area (Å²) in [5.41, 5.74) is -0.291. The second kappa shape index (κ2) is 5.76. The third-order valence-corrected chi connectivity index (χ3v) is 4.26. The van der Waals surface area contributed by atoms with Crippen LogP contribution >= 0.6 is 0 Å². The van der Waals surface area contributed by atoms with Gasteiger partial charge in [-0.3, -0.25) is 4.72 Å². The summed E-state index contributed by atoms with van der Waals surface area (Å²) in [7, 11) is -5.18. The molecule has 0 radical (unpaired) electrons. The van der Waals surface area contributed by atoms with E-state index in [9.17, 15) is 34.8 Å². The summed E-state index contributed by atoms with van der Waals surface area (Å²) in [6.07, 6.45) is 0. The molecule has 0 unspecified atom stereocenters. The van der Waals surface area contributed by atoms with Crippen LogP contribution in [0, 0.1) is 41.8 Å². The minimum atomic E-state index is -5.18. The van der Waals surface area contributed by atoms with Crippen LogP contribution in [0.5, 0.6) is 0 Å². The molecule has 10 heteroatoms. The maximum Gasteiger partial charge on any atom is 0.267 e. The van der Waals surface area contributed by atoms with Crippen molar-refractivity contribution in [2.45, 2.75) is 11.8 Å². The quantitative estimate of drug-likeness (QED) is 0.519. The van der Waals surface area contributed by atoms with Crippen LogP contribution in [-0.4, -0.2) is 8.42 Å². The first-order valence-electron chi connectivity index (χ1n) is 5.86. The van der Waals surface area contributed by atoms with Gasteiger partial charge in [0.1, 0.15) is 5.82 Å². The van der Waals surface area contributed by atoms with Crippen molar-refractivity contribution in [1.82, 2.24) is 0 Å². The van der Waals surface area contributed by atoms with Crippen molar-refractivity contribution in [2.75, 3.05) is 4.72 Å². The highest BCUT2D eigenvalue weighted by Gasteiger charge is 2.33. The van der Waals surface area contributed by atoms with E-state index in [4.69, 9.17) is 0 Å². The Morgan fingerprint density at radius 2 is 1.30 bits per heavy atom. The first kappa shape index (κ1) is 17.1. The van der Waals surface area contributed by atoms with Crippen LogP contribution in [0.25, 0.3) is 0 Å². The van der Waals surface area contributed by atoms with Gasteiger partial charge in [-0.05, 0) is 24.6 Å². The molecule has 0 atom stereocenters. The molecular weight excluding hydrogens is 348 g/mol. The van der Waals surface area contributed by atoms with Gasteiger partial charge in [0.2, 0.25) is 5.82 Å². The number of sulfonamides is 1. The van der Waals surface area contributed by atoms with Crippen molar-refractivity contribution in [1.29, 1.82) is 0 Å². The van der Waals surface area contributed by atoms with E-state index in [-0.39, 0.29) is 5.56 Å². The molecule has 0 bridgehead atoms. The number of rotatable bonds is 3. The molecule has 0 spiro atoms. The molecule has 0 fully saturated rings. The Kier molecular flexibility index (Phi) is 4.29. The molecule has 0 amide bonds. The summed E-state index contributed by atoms with van der Waals surface area (Å²) in [4.78, 5) is -2.05. The zero-order valence-electron chi connectivity index (χ0n) is 11.2. The van der Waals surface area contributed by atoms with E-state index in [2.05, 4.69) is 0 Å². The summed E-state index contributed by atoms with van der Waals surface area (Å²) < 4.78 is 105. The number of halogens is 6. The fourth-order valence-corrected chi connectivity index (χ4v) is 2.87. The second-order valence-corrected chi connectivity index (χ2v) is 6.09. The molecule has 0 aromatic heterocycles. The molecule has 3 nitrogen and oxygen atoms in total. The average Bonchev–Trinajstić information content (AvgIpc) is 2.46. The number of benzene rings is 2. The zero-order chi connectivity index (χ0) is 17.5. The van der Waals surface area contributed by atoms with Gasteiger partial charge in [-0.1, -0.05) is 6.07 Å². The Morgan fingerprint density at radius 3 is 1.78 bits per heavy atom. The molecule has 23 heavy (non-hydrogen) atoms. The predicted molar refractivity (Wildman–Crippen MR) is 68.2 cm³/mol.